The van der Waals surface area contributed by atoms with Crippen molar-refractivity contribution in [1.29, 1.82) is 0 Å². The minimum atomic E-state index is 0.0103. The van der Waals surface area contributed by atoms with Gasteiger partial charge in [0.05, 0.1) is 37.1 Å². The quantitative estimate of drug-likeness (QED) is 0.669. The Kier molecular flexibility index (Phi) is 5.50. The van der Waals surface area contributed by atoms with Gasteiger partial charge in [-0.3, -0.25) is 4.79 Å². The maximum absolute atomic E-state index is 12.1. The van der Waals surface area contributed by atoms with E-state index in [2.05, 4.69) is 10.3 Å². The minimum Gasteiger partial charge on any atom is -0.494 e. The molecule has 9 heteroatoms. The smallest absolute Gasteiger partial charge is 0.248 e. The number of carbonyl (C=O) groups is 1. The molecule has 0 saturated heterocycles. The van der Waals surface area contributed by atoms with Gasteiger partial charge in [-0.25, -0.2) is 9.97 Å². The molecule has 0 spiro atoms. The van der Waals surface area contributed by atoms with Crippen molar-refractivity contribution >= 4 is 28.1 Å². The van der Waals surface area contributed by atoms with Gasteiger partial charge in [0.2, 0.25) is 5.91 Å². The Morgan fingerprint density at radius 3 is 2.93 bits per heavy atom. The summed E-state index contributed by atoms with van der Waals surface area (Å²) in [5, 5.41) is 4.17. The summed E-state index contributed by atoms with van der Waals surface area (Å²) in [6, 6.07) is 5.92. The summed E-state index contributed by atoms with van der Waals surface area (Å²) < 4.78 is 12.5. The average molecular weight is 414 g/mol. The van der Waals surface area contributed by atoms with Crippen LogP contribution in [-0.4, -0.2) is 52.7 Å². The van der Waals surface area contributed by atoms with E-state index in [1.165, 1.54) is 7.11 Å². The van der Waals surface area contributed by atoms with Crippen LogP contribution in [0.5, 0.6) is 5.75 Å². The zero-order valence-corrected chi connectivity index (χ0v) is 17.5. The van der Waals surface area contributed by atoms with Gasteiger partial charge in [-0.15, -0.1) is 0 Å². The molecule has 3 heterocycles. The van der Waals surface area contributed by atoms with Crippen LogP contribution in [0.2, 0.25) is 0 Å². The molecular formula is C20H23N5O3S. The molecule has 1 aliphatic rings. The highest BCUT2D eigenvalue weighted by atomic mass is 32.1. The third-order valence-electron chi connectivity index (χ3n) is 4.77. The molecule has 1 aliphatic heterocycles. The number of amides is 1. The largest absolute Gasteiger partial charge is 0.494 e. The lowest BCUT2D eigenvalue weighted by atomic mass is 10.2. The molecule has 0 atom stereocenters. The molecule has 0 unspecified atom stereocenters. The summed E-state index contributed by atoms with van der Waals surface area (Å²) >= 11 is 1.57. The molecule has 4 rings (SSSR count). The molecule has 0 fully saturated rings. The number of hydrogen-bond donors (Lipinski definition) is 1. The predicted octanol–water partition coefficient (Wildman–Crippen LogP) is 2.92. The van der Waals surface area contributed by atoms with Crippen molar-refractivity contribution in [2.45, 2.75) is 19.9 Å². The number of imidazole rings is 1. The first-order valence-electron chi connectivity index (χ1n) is 9.28. The molecule has 1 N–H and O–H groups in total. The number of aromatic nitrogens is 3. The van der Waals surface area contributed by atoms with Gasteiger partial charge in [-0.05, 0) is 19.1 Å². The number of nitrogens with one attached hydrogen (secondary N) is 1. The van der Waals surface area contributed by atoms with Crippen molar-refractivity contribution in [2.24, 2.45) is 0 Å². The Balaban J connectivity index is 1.51. The van der Waals surface area contributed by atoms with Gasteiger partial charge in [0.1, 0.15) is 12.4 Å². The Hall–Kier alpha value is -2.91. The molecule has 2 aromatic heterocycles. The summed E-state index contributed by atoms with van der Waals surface area (Å²) in [6.45, 7) is 3.32. The number of fused-ring (bicyclic) bond motifs is 1. The van der Waals surface area contributed by atoms with Crippen LogP contribution < -0.4 is 10.1 Å². The van der Waals surface area contributed by atoms with E-state index in [0.717, 1.165) is 44.9 Å². The maximum atomic E-state index is 12.1. The molecule has 0 bridgehead atoms. The van der Waals surface area contributed by atoms with Crippen molar-refractivity contribution in [1.82, 2.24) is 19.4 Å². The average Bonchev–Trinajstić information content (AvgIpc) is 3.32. The molecule has 152 valence electrons. The summed E-state index contributed by atoms with van der Waals surface area (Å²) in [6.07, 6.45) is 4.48. The Labute approximate surface area is 173 Å². The number of hydrogen-bond acceptors (Lipinski definition) is 7. The van der Waals surface area contributed by atoms with Crippen LogP contribution >= 0.6 is 11.3 Å². The second kappa shape index (κ2) is 8.22. The summed E-state index contributed by atoms with van der Waals surface area (Å²) in [7, 11) is 3.19. The van der Waals surface area contributed by atoms with Crippen molar-refractivity contribution in [3.8, 4) is 11.4 Å². The first-order chi connectivity index (χ1) is 14.1. The zero-order chi connectivity index (χ0) is 20.4. The fourth-order valence-electron chi connectivity index (χ4n) is 3.32. The molecule has 0 aliphatic carbocycles. The van der Waals surface area contributed by atoms with E-state index in [9.17, 15) is 4.79 Å². The molecule has 1 aromatic carbocycles. The van der Waals surface area contributed by atoms with E-state index in [0.29, 0.717) is 13.1 Å². The van der Waals surface area contributed by atoms with Gasteiger partial charge < -0.3 is 24.3 Å². The first-order valence-corrected chi connectivity index (χ1v) is 10.1. The van der Waals surface area contributed by atoms with Crippen LogP contribution in [0.1, 0.15) is 16.3 Å². The van der Waals surface area contributed by atoms with Crippen LogP contribution in [0.4, 0.5) is 10.8 Å². The van der Waals surface area contributed by atoms with Gasteiger partial charge in [0.25, 0.3) is 0 Å². The first kappa shape index (κ1) is 19.4. The molecule has 0 radical (unpaired) electrons. The fourth-order valence-corrected chi connectivity index (χ4v) is 4.37. The Bertz CT molecular complexity index is 1030. The van der Waals surface area contributed by atoms with Crippen molar-refractivity contribution < 1.29 is 14.3 Å². The second-order valence-electron chi connectivity index (χ2n) is 6.82. The standard InChI is InChI=1S/C20H23N5O3S/c1-13-9-25(12-21-13)16-5-4-14(8-17(16)28-3)22-20-23-15-6-7-24(10-18(15)29-20)19(26)11-27-2/h4-5,8-9,12H,6-7,10-11H2,1-3H3,(H,22,23). The summed E-state index contributed by atoms with van der Waals surface area (Å²) in [4.78, 5) is 24.0. The Morgan fingerprint density at radius 1 is 1.34 bits per heavy atom. The monoisotopic (exact) mass is 413 g/mol. The molecule has 1 amide bonds. The number of benzene rings is 1. The second-order valence-corrected chi connectivity index (χ2v) is 7.90. The Morgan fingerprint density at radius 2 is 2.21 bits per heavy atom. The van der Waals surface area contributed by atoms with E-state index in [1.54, 1.807) is 24.8 Å². The zero-order valence-electron chi connectivity index (χ0n) is 16.6. The van der Waals surface area contributed by atoms with Crippen molar-refractivity contribution in [2.75, 3.05) is 32.7 Å². The van der Waals surface area contributed by atoms with Crippen molar-refractivity contribution in [3.63, 3.8) is 0 Å². The third-order valence-corrected chi connectivity index (χ3v) is 5.77. The lowest BCUT2D eigenvalue weighted by Crippen LogP contribution is -2.37. The SMILES string of the molecule is COCC(=O)N1CCc2nc(Nc3ccc(-n4cnc(C)c4)c(OC)c3)sc2C1. The van der Waals surface area contributed by atoms with E-state index < -0.39 is 0 Å². The maximum Gasteiger partial charge on any atom is 0.248 e. The van der Waals surface area contributed by atoms with Crippen LogP contribution in [0.25, 0.3) is 5.69 Å². The highest BCUT2D eigenvalue weighted by Crippen LogP contribution is 2.33. The lowest BCUT2D eigenvalue weighted by molar-refractivity contribution is -0.136. The van der Waals surface area contributed by atoms with E-state index >= 15 is 0 Å². The molecule has 3 aromatic rings. The number of carbonyl (C=O) groups excluding carboxylic acids is 1. The highest BCUT2D eigenvalue weighted by Gasteiger charge is 2.24. The number of aryl methyl sites for hydroxylation is 1. The van der Waals surface area contributed by atoms with Crippen LogP contribution in [0.15, 0.2) is 30.7 Å². The topological polar surface area (TPSA) is 81.5 Å². The fraction of sp³-hybridized carbons (Fsp3) is 0.350. The highest BCUT2D eigenvalue weighted by molar-refractivity contribution is 7.15. The van der Waals surface area contributed by atoms with Crippen LogP contribution in [0.3, 0.4) is 0 Å². The normalized spacial score (nSPS) is 13.3. The summed E-state index contributed by atoms with van der Waals surface area (Å²) in [5.41, 5.74) is 3.81. The number of nitrogens with zero attached hydrogens (tertiary/aromatic N) is 4. The lowest BCUT2D eigenvalue weighted by Gasteiger charge is -2.25. The van der Waals surface area contributed by atoms with Crippen molar-refractivity contribution in [3.05, 3.63) is 47.0 Å². The number of ether oxygens (including phenoxy) is 2. The van der Waals surface area contributed by atoms with Gasteiger partial charge in [-0.1, -0.05) is 11.3 Å². The number of thiazole rings is 1. The van der Waals surface area contributed by atoms with Crippen LogP contribution in [0, 0.1) is 6.92 Å². The number of methoxy groups -OCH3 is 2. The number of rotatable bonds is 6. The van der Waals surface area contributed by atoms with Gasteiger partial charge >= 0.3 is 0 Å². The third kappa shape index (κ3) is 4.10. The van der Waals surface area contributed by atoms with Gasteiger partial charge in [0.15, 0.2) is 5.13 Å². The van der Waals surface area contributed by atoms with E-state index in [4.69, 9.17) is 14.5 Å². The summed E-state index contributed by atoms with van der Waals surface area (Å²) in [5.74, 6) is 0.751. The minimum absolute atomic E-state index is 0.0103. The van der Waals surface area contributed by atoms with E-state index in [-0.39, 0.29) is 12.5 Å². The van der Waals surface area contributed by atoms with Gasteiger partial charge in [-0.2, -0.15) is 0 Å². The molecular weight excluding hydrogens is 390 g/mol. The predicted molar refractivity (Wildman–Crippen MR) is 111 cm³/mol. The molecule has 8 nitrogen and oxygen atoms in total. The van der Waals surface area contributed by atoms with Gasteiger partial charge in [0, 0.05) is 42.9 Å². The van der Waals surface area contributed by atoms with E-state index in [1.807, 2.05) is 40.8 Å². The van der Waals surface area contributed by atoms with Crippen LogP contribution in [-0.2, 0) is 22.5 Å². The molecule has 0 saturated carbocycles. The number of anilines is 2. The molecule has 29 heavy (non-hydrogen) atoms.